The van der Waals surface area contributed by atoms with Crippen molar-refractivity contribution in [2.75, 3.05) is 0 Å². The molecule has 0 aliphatic rings. The minimum Gasteiger partial charge on any atom is -0.307 e. The second kappa shape index (κ2) is 4.53. The molecule has 4 nitrogen and oxygen atoms in total. The van der Waals surface area contributed by atoms with Gasteiger partial charge in [-0.2, -0.15) is 5.10 Å². The molecule has 0 fully saturated rings. The molecule has 0 spiro atoms. The molecular weight excluding hydrogens is 176 g/mol. The second-order valence-corrected chi connectivity index (χ2v) is 3.05. The average molecular weight is 188 g/mol. The van der Waals surface area contributed by atoms with E-state index in [2.05, 4.69) is 20.5 Å². The zero-order valence-electron chi connectivity index (χ0n) is 7.77. The highest BCUT2D eigenvalue weighted by molar-refractivity contribution is 5.08. The van der Waals surface area contributed by atoms with E-state index in [0.29, 0.717) is 0 Å². The molecule has 4 heteroatoms. The predicted molar refractivity (Wildman–Crippen MR) is 53.4 cm³/mol. The fraction of sp³-hybridized carbons (Fsp3) is 0.200. The molecule has 0 aromatic carbocycles. The highest BCUT2D eigenvalue weighted by Crippen LogP contribution is 1.96. The van der Waals surface area contributed by atoms with Crippen molar-refractivity contribution in [2.24, 2.45) is 0 Å². The summed E-state index contributed by atoms with van der Waals surface area (Å²) in [7, 11) is 0. The summed E-state index contributed by atoms with van der Waals surface area (Å²) in [6.45, 7) is 1.63. The summed E-state index contributed by atoms with van der Waals surface area (Å²) in [4.78, 5) is 4.04. The molecule has 0 saturated heterocycles. The monoisotopic (exact) mass is 188 g/mol. The lowest BCUT2D eigenvalue weighted by Crippen LogP contribution is -2.12. The van der Waals surface area contributed by atoms with E-state index in [1.807, 2.05) is 24.4 Å². The number of nitrogens with one attached hydrogen (secondary N) is 2. The molecule has 2 rings (SSSR count). The lowest BCUT2D eigenvalue weighted by atomic mass is 10.3. The van der Waals surface area contributed by atoms with Crippen LogP contribution >= 0.6 is 0 Å². The van der Waals surface area contributed by atoms with Crippen molar-refractivity contribution in [1.29, 1.82) is 0 Å². The normalized spacial score (nSPS) is 10.3. The number of aromatic amines is 1. The smallest absolute Gasteiger partial charge is 0.0490 e. The van der Waals surface area contributed by atoms with Gasteiger partial charge >= 0.3 is 0 Å². The number of H-pyrrole nitrogens is 1. The summed E-state index contributed by atoms with van der Waals surface area (Å²) >= 11 is 0. The van der Waals surface area contributed by atoms with Crippen molar-refractivity contribution in [3.05, 3.63) is 48.0 Å². The van der Waals surface area contributed by atoms with E-state index in [4.69, 9.17) is 0 Å². The van der Waals surface area contributed by atoms with Crippen molar-refractivity contribution in [3.63, 3.8) is 0 Å². The summed E-state index contributed by atoms with van der Waals surface area (Å²) in [5, 5.41) is 10.1. The Labute approximate surface area is 82.4 Å². The van der Waals surface area contributed by atoms with Crippen LogP contribution in [0.4, 0.5) is 0 Å². The third-order valence-corrected chi connectivity index (χ3v) is 1.93. The predicted octanol–water partition coefficient (Wildman–Crippen LogP) is 1.09. The Morgan fingerprint density at radius 2 is 2.21 bits per heavy atom. The number of rotatable bonds is 4. The Hall–Kier alpha value is -1.68. The lowest BCUT2D eigenvalue weighted by molar-refractivity contribution is 0.676. The largest absolute Gasteiger partial charge is 0.307 e. The van der Waals surface area contributed by atoms with E-state index in [-0.39, 0.29) is 0 Å². The number of hydrogen-bond acceptors (Lipinski definition) is 3. The van der Waals surface area contributed by atoms with Crippen molar-refractivity contribution in [1.82, 2.24) is 20.5 Å². The van der Waals surface area contributed by atoms with Crippen LogP contribution in [-0.2, 0) is 13.1 Å². The highest BCUT2D eigenvalue weighted by atomic mass is 15.1. The van der Waals surface area contributed by atoms with E-state index >= 15 is 0 Å². The average Bonchev–Trinajstić information content (AvgIpc) is 2.72. The number of aromatic nitrogens is 3. The van der Waals surface area contributed by atoms with Crippen LogP contribution in [-0.4, -0.2) is 15.2 Å². The first kappa shape index (κ1) is 8.90. The fourth-order valence-corrected chi connectivity index (χ4v) is 1.23. The molecule has 0 amide bonds. The SMILES string of the molecule is c1cncc(CNCc2ccn[nH]2)c1. The van der Waals surface area contributed by atoms with Crippen molar-refractivity contribution in [2.45, 2.75) is 13.1 Å². The van der Waals surface area contributed by atoms with Gasteiger partial charge in [-0.05, 0) is 17.7 Å². The maximum atomic E-state index is 4.04. The molecule has 72 valence electrons. The molecule has 0 unspecified atom stereocenters. The molecule has 0 aliphatic carbocycles. The molecule has 0 radical (unpaired) electrons. The molecule has 0 saturated carbocycles. The summed E-state index contributed by atoms with van der Waals surface area (Å²) in [5.41, 5.74) is 2.28. The van der Waals surface area contributed by atoms with Gasteiger partial charge in [0.05, 0.1) is 0 Å². The van der Waals surface area contributed by atoms with Crippen LogP contribution < -0.4 is 5.32 Å². The van der Waals surface area contributed by atoms with Gasteiger partial charge in [0, 0.05) is 37.4 Å². The van der Waals surface area contributed by atoms with E-state index in [9.17, 15) is 0 Å². The number of hydrogen-bond donors (Lipinski definition) is 2. The van der Waals surface area contributed by atoms with Crippen molar-refractivity contribution in [3.8, 4) is 0 Å². The zero-order valence-corrected chi connectivity index (χ0v) is 7.77. The van der Waals surface area contributed by atoms with E-state index in [1.54, 1.807) is 12.4 Å². The van der Waals surface area contributed by atoms with Crippen LogP contribution in [0, 0.1) is 0 Å². The topological polar surface area (TPSA) is 53.6 Å². The van der Waals surface area contributed by atoms with Crippen LogP contribution in [0.3, 0.4) is 0 Å². The van der Waals surface area contributed by atoms with Gasteiger partial charge in [-0.15, -0.1) is 0 Å². The molecule has 0 atom stereocenters. The lowest BCUT2D eigenvalue weighted by Gasteiger charge is -2.01. The first-order chi connectivity index (χ1) is 6.95. The Kier molecular flexibility index (Phi) is 2.88. The van der Waals surface area contributed by atoms with Gasteiger partial charge in [-0.3, -0.25) is 10.1 Å². The first-order valence-corrected chi connectivity index (χ1v) is 4.53. The molecule has 2 aromatic rings. The fourth-order valence-electron chi connectivity index (χ4n) is 1.23. The van der Waals surface area contributed by atoms with Crippen LogP contribution in [0.1, 0.15) is 11.3 Å². The second-order valence-electron chi connectivity index (χ2n) is 3.05. The zero-order chi connectivity index (χ0) is 9.64. The highest BCUT2D eigenvalue weighted by Gasteiger charge is 1.93. The summed E-state index contributed by atoms with van der Waals surface area (Å²) in [6.07, 6.45) is 5.39. The third-order valence-electron chi connectivity index (χ3n) is 1.93. The summed E-state index contributed by atoms with van der Waals surface area (Å²) in [6, 6.07) is 5.94. The molecular formula is C10H12N4. The van der Waals surface area contributed by atoms with Crippen LogP contribution in [0.15, 0.2) is 36.8 Å². The van der Waals surface area contributed by atoms with Gasteiger partial charge < -0.3 is 5.32 Å². The minimum atomic E-state index is 0.800. The molecule has 0 aliphatic heterocycles. The first-order valence-electron chi connectivity index (χ1n) is 4.53. The Bertz CT molecular complexity index is 355. The van der Waals surface area contributed by atoms with Crippen molar-refractivity contribution < 1.29 is 0 Å². The Morgan fingerprint density at radius 1 is 1.21 bits per heavy atom. The molecule has 0 bridgehead atoms. The third kappa shape index (κ3) is 2.40. The van der Waals surface area contributed by atoms with Gasteiger partial charge in [0.15, 0.2) is 0 Å². The van der Waals surface area contributed by atoms with Crippen LogP contribution in [0.5, 0.6) is 0 Å². The summed E-state index contributed by atoms with van der Waals surface area (Å²) < 4.78 is 0. The van der Waals surface area contributed by atoms with E-state index in [1.165, 1.54) is 5.56 Å². The quantitative estimate of drug-likeness (QED) is 0.755. The van der Waals surface area contributed by atoms with Gasteiger partial charge in [-0.1, -0.05) is 6.07 Å². The van der Waals surface area contributed by atoms with Gasteiger partial charge in [0.25, 0.3) is 0 Å². The Morgan fingerprint density at radius 3 is 2.93 bits per heavy atom. The standard InChI is InChI=1S/C10H12N4/c1-2-9(6-11-4-1)7-12-8-10-3-5-13-14-10/h1-6,12H,7-8H2,(H,13,14). The van der Waals surface area contributed by atoms with E-state index < -0.39 is 0 Å². The van der Waals surface area contributed by atoms with Gasteiger partial charge in [0.1, 0.15) is 0 Å². The Balaban J connectivity index is 1.79. The van der Waals surface area contributed by atoms with E-state index in [0.717, 1.165) is 18.8 Å². The molecule has 2 N–H and O–H groups in total. The van der Waals surface area contributed by atoms with Gasteiger partial charge in [0.2, 0.25) is 0 Å². The molecule has 2 heterocycles. The van der Waals surface area contributed by atoms with Gasteiger partial charge in [-0.25, -0.2) is 0 Å². The van der Waals surface area contributed by atoms with Crippen LogP contribution in [0.25, 0.3) is 0 Å². The van der Waals surface area contributed by atoms with Crippen molar-refractivity contribution >= 4 is 0 Å². The number of pyridine rings is 1. The summed E-state index contributed by atoms with van der Waals surface area (Å²) in [5.74, 6) is 0. The molecule has 14 heavy (non-hydrogen) atoms. The number of nitrogens with zero attached hydrogens (tertiary/aromatic N) is 2. The molecule has 2 aromatic heterocycles. The maximum absolute atomic E-state index is 4.04. The van der Waals surface area contributed by atoms with Crippen LogP contribution in [0.2, 0.25) is 0 Å². The minimum absolute atomic E-state index is 0.800. The maximum Gasteiger partial charge on any atom is 0.0490 e.